The van der Waals surface area contributed by atoms with Crippen molar-refractivity contribution < 1.29 is 0 Å². The molecule has 28 heavy (non-hydrogen) atoms. The fraction of sp³-hybridized carbons (Fsp3) is 0.0455. The van der Waals surface area contributed by atoms with Gasteiger partial charge in [-0.15, -0.1) is 0 Å². The fourth-order valence-corrected chi connectivity index (χ4v) is 4.00. The molecule has 0 unspecified atom stereocenters. The van der Waals surface area contributed by atoms with Gasteiger partial charge in [-0.2, -0.15) is 5.10 Å². The van der Waals surface area contributed by atoms with Gasteiger partial charge in [0.1, 0.15) is 5.69 Å². The molecule has 140 valence electrons. The first kappa shape index (κ1) is 19.7. The third-order valence-electron chi connectivity index (χ3n) is 4.38. The number of aromatic nitrogens is 2. The van der Waals surface area contributed by atoms with E-state index in [0.29, 0.717) is 16.6 Å². The maximum atomic E-state index is 6.84. The normalized spacial score (nSPS) is 11.0. The van der Waals surface area contributed by atoms with Gasteiger partial charge in [0.05, 0.1) is 17.3 Å². The number of hydrogen-bond acceptors (Lipinski definition) is 1. The molecular weight excluding hydrogens is 523 g/mol. The van der Waals surface area contributed by atoms with E-state index in [9.17, 15) is 0 Å². The molecule has 4 rings (SSSR count). The molecule has 0 aliphatic carbocycles. The minimum Gasteiger partial charge on any atom is -0.258 e. The molecule has 0 atom stereocenters. The second kappa shape index (κ2) is 8.42. The van der Waals surface area contributed by atoms with Gasteiger partial charge in [-0.25, -0.2) is 0 Å². The summed E-state index contributed by atoms with van der Waals surface area (Å²) in [4.78, 5) is 0. The van der Waals surface area contributed by atoms with E-state index in [-0.39, 0.29) is 0 Å². The molecule has 0 spiro atoms. The summed E-state index contributed by atoms with van der Waals surface area (Å²) >= 11 is 19.8. The third kappa shape index (κ3) is 4.20. The standard InChI is InChI=1S/C22H14Br2Cl2N2/c23-17-7-3-15(4-8-17)21-20(26)22(16-5-9-18(24)10-6-16)28(27-21)13-14-1-11-19(25)12-2-14/h1-12H,13H2. The Morgan fingerprint density at radius 1 is 0.714 bits per heavy atom. The molecule has 3 aromatic carbocycles. The Bertz CT molecular complexity index is 1100. The molecule has 0 N–H and O–H groups in total. The summed E-state index contributed by atoms with van der Waals surface area (Å²) < 4.78 is 3.98. The lowest BCUT2D eigenvalue weighted by atomic mass is 10.1. The van der Waals surface area contributed by atoms with E-state index in [1.807, 2.05) is 77.5 Å². The molecule has 0 aliphatic rings. The summed E-state index contributed by atoms with van der Waals surface area (Å²) in [5.41, 5.74) is 4.74. The Hall–Kier alpha value is -1.59. The van der Waals surface area contributed by atoms with Crippen LogP contribution in [0.5, 0.6) is 0 Å². The van der Waals surface area contributed by atoms with E-state index in [1.165, 1.54) is 0 Å². The summed E-state index contributed by atoms with van der Waals surface area (Å²) in [6, 6.07) is 23.9. The van der Waals surface area contributed by atoms with Gasteiger partial charge < -0.3 is 0 Å². The fourth-order valence-electron chi connectivity index (χ4n) is 2.99. The van der Waals surface area contributed by atoms with Gasteiger partial charge in [-0.1, -0.05) is 91.5 Å². The highest BCUT2D eigenvalue weighted by molar-refractivity contribution is 9.10. The minimum absolute atomic E-state index is 0.596. The van der Waals surface area contributed by atoms with Gasteiger partial charge in [0, 0.05) is 25.1 Å². The number of rotatable bonds is 4. The highest BCUT2D eigenvalue weighted by Crippen LogP contribution is 2.37. The summed E-state index contributed by atoms with van der Waals surface area (Å²) in [6.45, 7) is 0.596. The Kier molecular flexibility index (Phi) is 5.93. The lowest BCUT2D eigenvalue weighted by molar-refractivity contribution is 0.697. The Morgan fingerprint density at radius 3 is 1.82 bits per heavy atom. The van der Waals surface area contributed by atoms with E-state index in [0.717, 1.165) is 37.0 Å². The van der Waals surface area contributed by atoms with Gasteiger partial charge in [0.25, 0.3) is 0 Å². The summed E-state index contributed by atoms with van der Waals surface area (Å²) in [5, 5.41) is 6.20. The maximum Gasteiger partial charge on any atom is 0.112 e. The van der Waals surface area contributed by atoms with Crippen LogP contribution in [0.4, 0.5) is 0 Å². The Labute approximate surface area is 190 Å². The van der Waals surface area contributed by atoms with Crippen LogP contribution < -0.4 is 0 Å². The van der Waals surface area contributed by atoms with Crippen LogP contribution in [0.1, 0.15) is 5.56 Å². The Morgan fingerprint density at radius 2 is 1.25 bits per heavy atom. The second-order valence-corrected chi connectivity index (χ2v) is 8.95. The molecule has 1 aromatic heterocycles. The number of halogens is 4. The predicted octanol–water partition coefficient (Wildman–Crippen LogP) is 8.10. The van der Waals surface area contributed by atoms with Crippen LogP contribution in [0, 0.1) is 0 Å². The average Bonchev–Trinajstić information content (AvgIpc) is 3.01. The van der Waals surface area contributed by atoms with Gasteiger partial charge in [0.15, 0.2) is 0 Å². The van der Waals surface area contributed by atoms with Gasteiger partial charge in [-0.3, -0.25) is 4.68 Å². The van der Waals surface area contributed by atoms with Crippen molar-refractivity contribution in [2.45, 2.75) is 6.54 Å². The molecule has 1 heterocycles. The molecule has 4 aromatic rings. The van der Waals surface area contributed by atoms with Gasteiger partial charge >= 0.3 is 0 Å². The van der Waals surface area contributed by atoms with Gasteiger partial charge in [0.2, 0.25) is 0 Å². The van der Waals surface area contributed by atoms with Crippen LogP contribution in [0.2, 0.25) is 10.0 Å². The molecule has 2 nitrogen and oxygen atoms in total. The zero-order chi connectivity index (χ0) is 19.7. The minimum atomic E-state index is 0.596. The number of benzene rings is 3. The van der Waals surface area contributed by atoms with Crippen molar-refractivity contribution in [1.82, 2.24) is 9.78 Å². The van der Waals surface area contributed by atoms with E-state index in [2.05, 4.69) is 31.9 Å². The largest absolute Gasteiger partial charge is 0.258 e. The number of hydrogen-bond donors (Lipinski definition) is 0. The first-order valence-electron chi connectivity index (χ1n) is 8.54. The Balaban J connectivity index is 1.84. The third-order valence-corrected chi connectivity index (χ3v) is 6.04. The smallest absolute Gasteiger partial charge is 0.112 e. The molecule has 0 bridgehead atoms. The first-order chi connectivity index (χ1) is 13.5. The zero-order valence-electron chi connectivity index (χ0n) is 14.5. The van der Waals surface area contributed by atoms with Crippen molar-refractivity contribution in [1.29, 1.82) is 0 Å². The summed E-state index contributed by atoms with van der Waals surface area (Å²) in [7, 11) is 0. The van der Waals surface area contributed by atoms with Gasteiger partial charge in [-0.05, 0) is 42.0 Å². The van der Waals surface area contributed by atoms with Crippen LogP contribution >= 0.6 is 55.1 Å². The molecular formula is C22H14Br2Cl2N2. The molecule has 0 fully saturated rings. The molecule has 0 radical (unpaired) electrons. The van der Waals surface area contributed by atoms with E-state index in [4.69, 9.17) is 28.3 Å². The predicted molar refractivity (Wildman–Crippen MR) is 124 cm³/mol. The van der Waals surface area contributed by atoms with Crippen LogP contribution in [0.15, 0.2) is 81.7 Å². The molecule has 0 amide bonds. The van der Waals surface area contributed by atoms with Crippen molar-refractivity contribution in [3.05, 3.63) is 97.4 Å². The molecule has 0 saturated carbocycles. The van der Waals surface area contributed by atoms with Crippen LogP contribution in [0.25, 0.3) is 22.5 Å². The molecule has 0 aliphatic heterocycles. The number of nitrogens with zero attached hydrogens (tertiary/aromatic N) is 2. The average molecular weight is 537 g/mol. The summed E-state index contributed by atoms with van der Waals surface area (Å²) in [6.07, 6.45) is 0. The second-order valence-electron chi connectivity index (χ2n) is 6.31. The van der Waals surface area contributed by atoms with Crippen molar-refractivity contribution in [3.8, 4) is 22.5 Å². The van der Waals surface area contributed by atoms with Crippen molar-refractivity contribution >= 4 is 55.1 Å². The van der Waals surface area contributed by atoms with Crippen LogP contribution in [-0.2, 0) is 6.54 Å². The molecule has 6 heteroatoms. The molecule has 0 saturated heterocycles. The van der Waals surface area contributed by atoms with Crippen molar-refractivity contribution in [2.75, 3.05) is 0 Å². The SMILES string of the molecule is Clc1ccc(Cn2nc(-c3ccc(Br)cc3)c(Cl)c2-c2ccc(Br)cc2)cc1. The van der Waals surface area contributed by atoms with Crippen LogP contribution in [0.3, 0.4) is 0 Å². The van der Waals surface area contributed by atoms with E-state index < -0.39 is 0 Å². The monoisotopic (exact) mass is 534 g/mol. The van der Waals surface area contributed by atoms with E-state index in [1.54, 1.807) is 0 Å². The van der Waals surface area contributed by atoms with Crippen LogP contribution in [-0.4, -0.2) is 9.78 Å². The van der Waals surface area contributed by atoms with E-state index >= 15 is 0 Å². The highest BCUT2D eigenvalue weighted by Gasteiger charge is 2.19. The highest BCUT2D eigenvalue weighted by atomic mass is 79.9. The first-order valence-corrected chi connectivity index (χ1v) is 10.9. The lowest BCUT2D eigenvalue weighted by Gasteiger charge is -2.09. The lowest BCUT2D eigenvalue weighted by Crippen LogP contribution is -2.04. The topological polar surface area (TPSA) is 17.8 Å². The quantitative estimate of drug-likeness (QED) is 0.258. The zero-order valence-corrected chi connectivity index (χ0v) is 19.2. The maximum absolute atomic E-state index is 6.84. The van der Waals surface area contributed by atoms with Crippen molar-refractivity contribution in [3.63, 3.8) is 0 Å². The summed E-state index contributed by atoms with van der Waals surface area (Å²) in [5.74, 6) is 0. The van der Waals surface area contributed by atoms with Crippen molar-refractivity contribution in [2.24, 2.45) is 0 Å².